The molecule has 2 saturated heterocycles. The van der Waals surface area contributed by atoms with Crippen molar-refractivity contribution >= 4 is 21.6 Å². The van der Waals surface area contributed by atoms with Crippen molar-refractivity contribution in [2.24, 2.45) is 5.14 Å². The molecule has 1 aromatic rings. The van der Waals surface area contributed by atoms with Crippen molar-refractivity contribution < 1.29 is 17.9 Å². The molecule has 2 fully saturated rings. The topological polar surface area (TPSA) is 105 Å². The fourth-order valence-corrected chi connectivity index (χ4v) is 4.07. The number of ether oxygens (including phenoxy) is 1. The van der Waals surface area contributed by atoms with Crippen molar-refractivity contribution in [1.82, 2.24) is 9.80 Å². The molecule has 1 amide bonds. The summed E-state index contributed by atoms with van der Waals surface area (Å²) in [5.41, 5.74) is 0.552. The quantitative estimate of drug-likeness (QED) is 0.724. The summed E-state index contributed by atoms with van der Waals surface area (Å²) in [6, 6.07) is 5.61. The highest BCUT2D eigenvalue weighted by molar-refractivity contribution is 7.89. The smallest absolute Gasteiger partial charge is 0.241 e. The molecule has 0 radical (unpaired) electrons. The molecule has 0 saturated carbocycles. The molecular formula is C18H28N4O4S. The monoisotopic (exact) mass is 396 g/mol. The standard InChI is InChI=1S/C18H28N4O4S/c1-14(18(23)20-15-4-6-17(7-5-15)27(19,24)25)22-10-8-21(9-11-22)13-16-3-2-12-26-16/h4-7,14,16H,2-3,8-13H2,1H3,(H,20,23)(H2,19,24,25). The lowest BCUT2D eigenvalue weighted by molar-refractivity contribution is -0.121. The van der Waals surface area contributed by atoms with Gasteiger partial charge in [-0.3, -0.25) is 14.6 Å². The van der Waals surface area contributed by atoms with E-state index >= 15 is 0 Å². The van der Waals surface area contributed by atoms with Crippen LogP contribution in [0.5, 0.6) is 0 Å². The van der Waals surface area contributed by atoms with E-state index < -0.39 is 10.0 Å². The van der Waals surface area contributed by atoms with Crippen molar-refractivity contribution in [3.8, 4) is 0 Å². The van der Waals surface area contributed by atoms with Crippen LogP contribution in [-0.2, 0) is 19.6 Å². The zero-order valence-corrected chi connectivity index (χ0v) is 16.5. The minimum absolute atomic E-state index is 0.0240. The highest BCUT2D eigenvalue weighted by Gasteiger charge is 2.27. The second-order valence-electron chi connectivity index (χ2n) is 7.21. The van der Waals surface area contributed by atoms with Gasteiger partial charge in [0.1, 0.15) is 0 Å². The summed E-state index contributed by atoms with van der Waals surface area (Å²) in [4.78, 5) is 17.1. The van der Waals surface area contributed by atoms with E-state index in [9.17, 15) is 13.2 Å². The minimum atomic E-state index is -3.73. The highest BCUT2D eigenvalue weighted by atomic mass is 32.2. The average molecular weight is 397 g/mol. The lowest BCUT2D eigenvalue weighted by Crippen LogP contribution is -2.53. The fourth-order valence-electron chi connectivity index (χ4n) is 3.55. The van der Waals surface area contributed by atoms with Crippen LogP contribution < -0.4 is 10.5 Å². The number of carbonyl (C=O) groups excluding carboxylic acids is 1. The number of nitrogens with two attached hydrogens (primary N) is 1. The summed E-state index contributed by atoms with van der Waals surface area (Å²) in [5.74, 6) is -0.106. The van der Waals surface area contributed by atoms with Crippen LogP contribution in [0.2, 0.25) is 0 Å². The van der Waals surface area contributed by atoms with Crippen LogP contribution in [0.25, 0.3) is 0 Å². The molecule has 3 N–H and O–H groups in total. The Balaban J connectivity index is 1.47. The summed E-state index contributed by atoms with van der Waals surface area (Å²) in [5, 5.41) is 7.92. The second kappa shape index (κ2) is 8.66. The third kappa shape index (κ3) is 5.49. The Morgan fingerprint density at radius 1 is 1.26 bits per heavy atom. The number of hydrogen-bond donors (Lipinski definition) is 2. The first kappa shape index (κ1) is 20.2. The van der Waals surface area contributed by atoms with Crippen LogP contribution in [0.15, 0.2) is 29.2 Å². The predicted octanol–water partition coefficient (Wildman–Crippen LogP) is 0.458. The molecule has 2 heterocycles. The van der Waals surface area contributed by atoms with Crippen molar-refractivity contribution in [1.29, 1.82) is 0 Å². The van der Waals surface area contributed by atoms with Gasteiger partial charge in [0.15, 0.2) is 0 Å². The number of nitrogens with one attached hydrogen (secondary N) is 1. The maximum Gasteiger partial charge on any atom is 0.241 e. The van der Waals surface area contributed by atoms with Gasteiger partial charge in [0.25, 0.3) is 0 Å². The van der Waals surface area contributed by atoms with Crippen LogP contribution in [-0.4, -0.2) is 75.6 Å². The maximum absolute atomic E-state index is 12.5. The normalized spacial score (nSPS) is 23.3. The van der Waals surface area contributed by atoms with Gasteiger partial charge in [-0.25, -0.2) is 13.6 Å². The molecular weight excluding hydrogens is 368 g/mol. The van der Waals surface area contributed by atoms with E-state index in [0.717, 1.165) is 52.2 Å². The number of rotatable bonds is 6. The van der Waals surface area contributed by atoms with Gasteiger partial charge in [0, 0.05) is 45.0 Å². The molecule has 2 aliphatic rings. The molecule has 2 atom stereocenters. The van der Waals surface area contributed by atoms with Crippen LogP contribution in [0, 0.1) is 0 Å². The van der Waals surface area contributed by atoms with Gasteiger partial charge in [0.05, 0.1) is 17.0 Å². The predicted molar refractivity (Wildman–Crippen MR) is 103 cm³/mol. The summed E-state index contributed by atoms with van der Waals surface area (Å²) in [6.45, 7) is 7.28. The number of nitrogens with zero attached hydrogens (tertiary/aromatic N) is 2. The molecule has 2 aliphatic heterocycles. The van der Waals surface area contributed by atoms with Crippen LogP contribution in [0.1, 0.15) is 19.8 Å². The highest BCUT2D eigenvalue weighted by Crippen LogP contribution is 2.16. The van der Waals surface area contributed by atoms with Crippen molar-refractivity contribution in [2.45, 2.75) is 36.8 Å². The zero-order valence-electron chi connectivity index (χ0n) is 15.6. The molecule has 2 unspecified atom stereocenters. The molecule has 8 nitrogen and oxygen atoms in total. The fraction of sp³-hybridized carbons (Fsp3) is 0.611. The van der Waals surface area contributed by atoms with Gasteiger partial charge in [0.2, 0.25) is 15.9 Å². The Morgan fingerprint density at radius 2 is 1.93 bits per heavy atom. The van der Waals surface area contributed by atoms with E-state index in [4.69, 9.17) is 9.88 Å². The first-order valence-electron chi connectivity index (χ1n) is 9.34. The number of hydrogen-bond acceptors (Lipinski definition) is 6. The third-order valence-electron chi connectivity index (χ3n) is 5.27. The number of anilines is 1. The van der Waals surface area contributed by atoms with Gasteiger partial charge in [-0.2, -0.15) is 0 Å². The molecule has 3 rings (SSSR count). The van der Waals surface area contributed by atoms with Gasteiger partial charge >= 0.3 is 0 Å². The first-order chi connectivity index (χ1) is 12.8. The molecule has 0 aromatic heterocycles. The van der Waals surface area contributed by atoms with Crippen molar-refractivity contribution in [2.75, 3.05) is 44.6 Å². The van der Waals surface area contributed by atoms with Gasteiger partial charge in [-0.05, 0) is 44.0 Å². The lowest BCUT2D eigenvalue weighted by atomic mass is 10.2. The van der Waals surface area contributed by atoms with E-state index in [0.29, 0.717) is 11.8 Å². The zero-order chi connectivity index (χ0) is 19.4. The number of primary sulfonamides is 1. The van der Waals surface area contributed by atoms with E-state index in [1.807, 2.05) is 6.92 Å². The number of carbonyl (C=O) groups is 1. The number of piperazine rings is 1. The summed E-state index contributed by atoms with van der Waals surface area (Å²) >= 11 is 0. The number of amides is 1. The SMILES string of the molecule is CC(C(=O)Nc1ccc(S(N)(=O)=O)cc1)N1CCN(CC2CCCO2)CC1. The Hall–Kier alpha value is -1.52. The Morgan fingerprint density at radius 3 is 2.48 bits per heavy atom. The molecule has 0 aliphatic carbocycles. The van der Waals surface area contributed by atoms with E-state index in [1.54, 1.807) is 12.1 Å². The molecule has 0 spiro atoms. The first-order valence-corrected chi connectivity index (χ1v) is 10.9. The summed E-state index contributed by atoms with van der Waals surface area (Å²) in [7, 11) is -3.73. The third-order valence-corrected chi connectivity index (χ3v) is 6.20. The molecule has 27 heavy (non-hydrogen) atoms. The van der Waals surface area contributed by atoms with Crippen molar-refractivity contribution in [3.05, 3.63) is 24.3 Å². The molecule has 150 valence electrons. The number of sulfonamides is 1. The van der Waals surface area contributed by atoms with Gasteiger partial charge < -0.3 is 10.1 Å². The van der Waals surface area contributed by atoms with Crippen LogP contribution in [0.4, 0.5) is 5.69 Å². The van der Waals surface area contributed by atoms with E-state index in [2.05, 4.69) is 15.1 Å². The van der Waals surface area contributed by atoms with Crippen LogP contribution in [0.3, 0.4) is 0 Å². The molecule has 1 aromatic carbocycles. The van der Waals surface area contributed by atoms with Gasteiger partial charge in [-0.15, -0.1) is 0 Å². The molecule has 0 bridgehead atoms. The molecule has 9 heteroatoms. The Bertz CT molecular complexity index is 739. The Kier molecular flexibility index (Phi) is 6.48. The Labute approximate surface area is 160 Å². The van der Waals surface area contributed by atoms with Crippen LogP contribution >= 0.6 is 0 Å². The van der Waals surface area contributed by atoms with Crippen molar-refractivity contribution in [3.63, 3.8) is 0 Å². The minimum Gasteiger partial charge on any atom is -0.377 e. The van der Waals surface area contributed by atoms with Gasteiger partial charge in [-0.1, -0.05) is 0 Å². The summed E-state index contributed by atoms with van der Waals surface area (Å²) in [6.07, 6.45) is 2.65. The largest absolute Gasteiger partial charge is 0.377 e. The second-order valence-corrected chi connectivity index (χ2v) is 8.77. The maximum atomic E-state index is 12.5. The summed E-state index contributed by atoms with van der Waals surface area (Å²) < 4.78 is 28.3. The lowest BCUT2D eigenvalue weighted by Gasteiger charge is -2.38. The van der Waals surface area contributed by atoms with E-state index in [1.165, 1.54) is 12.1 Å². The van der Waals surface area contributed by atoms with E-state index in [-0.39, 0.29) is 16.8 Å². The number of benzene rings is 1. The average Bonchev–Trinajstić information content (AvgIpc) is 3.14.